The summed E-state index contributed by atoms with van der Waals surface area (Å²) in [6.07, 6.45) is 0.314. The highest BCUT2D eigenvalue weighted by molar-refractivity contribution is 5.96. The Kier molecular flexibility index (Phi) is 4.96. The van der Waals surface area contributed by atoms with Crippen molar-refractivity contribution in [2.24, 2.45) is 5.92 Å². The van der Waals surface area contributed by atoms with Gasteiger partial charge >= 0.3 is 0 Å². The Balaban J connectivity index is 1.85. The van der Waals surface area contributed by atoms with Crippen LogP contribution in [0.2, 0.25) is 0 Å². The van der Waals surface area contributed by atoms with Gasteiger partial charge in [0.15, 0.2) is 0 Å². The molecule has 0 radical (unpaired) electrons. The molecule has 2 amide bonds. The molecular formula is C16H22N2O3. The van der Waals surface area contributed by atoms with E-state index in [1.807, 2.05) is 26.0 Å². The van der Waals surface area contributed by atoms with Gasteiger partial charge in [-0.15, -0.1) is 0 Å². The van der Waals surface area contributed by atoms with Crippen LogP contribution >= 0.6 is 0 Å². The summed E-state index contributed by atoms with van der Waals surface area (Å²) < 4.78 is 0. The Hall–Kier alpha value is -1.88. The molecule has 1 aromatic rings. The Morgan fingerprint density at radius 3 is 2.86 bits per heavy atom. The number of aliphatic hydroxyl groups is 1. The molecule has 0 aromatic heterocycles. The summed E-state index contributed by atoms with van der Waals surface area (Å²) in [6, 6.07) is 7.23. The maximum absolute atomic E-state index is 12.1. The van der Waals surface area contributed by atoms with E-state index in [9.17, 15) is 14.7 Å². The van der Waals surface area contributed by atoms with Crippen LogP contribution in [0.25, 0.3) is 0 Å². The lowest BCUT2D eigenvalue weighted by Crippen LogP contribution is -2.49. The highest BCUT2D eigenvalue weighted by Gasteiger charge is 2.27. The summed E-state index contributed by atoms with van der Waals surface area (Å²) in [6.45, 7) is 4.84. The van der Waals surface area contributed by atoms with Gasteiger partial charge in [-0.25, -0.2) is 0 Å². The van der Waals surface area contributed by atoms with Crippen molar-refractivity contribution in [1.82, 2.24) is 10.2 Å². The largest absolute Gasteiger partial charge is 0.391 e. The van der Waals surface area contributed by atoms with Gasteiger partial charge in [0.05, 0.1) is 12.6 Å². The van der Waals surface area contributed by atoms with Gasteiger partial charge in [-0.1, -0.05) is 24.6 Å². The molecule has 1 heterocycles. The number of aryl methyl sites for hydroxylation is 1. The number of hydrogen-bond donors (Lipinski definition) is 2. The fourth-order valence-corrected chi connectivity index (χ4v) is 2.43. The Bertz CT molecular complexity index is 530. The summed E-state index contributed by atoms with van der Waals surface area (Å²) in [7, 11) is 0. The number of rotatable bonds is 3. The number of nitrogens with zero attached hydrogens (tertiary/aromatic N) is 1. The predicted molar refractivity (Wildman–Crippen MR) is 79.9 cm³/mol. The highest BCUT2D eigenvalue weighted by atomic mass is 16.3. The van der Waals surface area contributed by atoms with Gasteiger partial charge in [-0.05, 0) is 31.4 Å². The Labute approximate surface area is 125 Å². The molecular weight excluding hydrogens is 268 g/mol. The van der Waals surface area contributed by atoms with Crippen LogP contribution in [0.5, 0.6) is 0 Å². The molecule has 0 spiro atoms. The molecule has 2 N–H and O–H groups in total. The topological polar surface area (TPSA) is 69.6 Å². The van der Waals surface area contributed by atoms with Crippen molar-refractivity contribution in [3.63, 3.8) is 0 Å². The second kappa shape index (κ2) is 6.72. The lowest BCUT2D eigenvalue weighted by atomic mass is 9.96. The molecule has 1 fully saturated rings. The molecule has 2 atom stereocenters. The van der Waals surface area contributed by atoms with E-state index in [-0.39, 0.29) is 24.3 Å². The van der Waals surface area contributed by atoms with Crippen LogP contribution in [0.1, 0.15) is 29.3 Å². The zero-order chi connectivity index (χ0) is 15.4. The van der Waals surface area contributed by atoms with Gasteiger partial charge in [0.2, 0.25) is 5.91 Å². The molecule has 0 saturated carbocycles. The van der Waals surface area contributed by atoms with Gasteiger partial charge in [-0.3, -0.25) is 9.59 Å². The van der Waals surface area contributed by atoms with E-state index < -0.39 is 6.10 Å². The van der Waals surface area contributed by atoms with Crippen molar-refractivity contribution < 1.29 is 14.7 Å². The molecule has 1 aromatic carbocycles. The number of carbonyl (C=O) groups is 2. The van der Waals surface area contributed by atoms with Gasteiger partial charge < -0.3 is 15.3 Å². The number of amides is 2. The number of piperidine rings is 1. The maximum Gasteiger partial charge on any atom is 0.251 e. The van der Waals surface area contributed by atoms with E-state index in [0.717, 1.165) is 12.0 Å². The highest BCUT2D eigenvalue weighted by Crippen LogP contribution is 2.16. The summed E-state index contributed by atoms with van der Waals surface area (Å²) >= 11 is 0. The lowest BCUT2D eigenvalue weighted by molar-refractivity contribution is -0.134. The van der Waals surface area contributed by atoms with Crippen LogP contribution in [0.4, 0.5) is 0 Å². The Morgan fingerprint density at radius 1 is 1.43 bits per heavy atom. The van der Waals surface area contributed by atoms with Crippen LogP contribution in [-0.2, 0) is 4.79 Å². The third kappa shape index (κ3) is 4.04. The van der Waals surface area contributed by atoms with E-state index in [2.05, 4.69) is 5.32 Å². The molecule has 0 aliphatic carbocycles. The molecule has 21 heavy (non-hydrogen) atoms. The third-order valence-corrected chi connectivity index (χ3v) is 3.95. The number of β-amino-alcohol motifs (C(OH)–C–C–N with tert-alkyl or cyclic N) is 1. The zero-order valence-corrected chi connectivity index (χ0v) is 12.5. The first-order valence-corrected chi connectivity index (χ1v) is 7.28. The average Bonchev–Trinajstić information content (AvgIpc) is 2.47. The number of aliphatic hydroxyl groups excluding tert-OH is 1. The second-order valence-electron chi connectivity index (χ2n) is 5.73. The molecule has 1 aliphatic rings. The molecule has 1 saturated heterocycles. The van der Waals surface area contributed by atoms with E-state index >= 15 is 0 Å². The monoisotopic (exact) mass is 290 g/mol. The van der Waals surface area contributed by atoms with Crippen LogP contribution in [-0.4, -0.2) is 47.6 Å². The first-order chi connectivity index (χ1) is 9.97. The van der Waals surface area contributed by atoms with Gasteiger partial charge in [0.25, 0.3) is 5.91 Å². The Morgan fingerprint density at radius 2 is 2.19 bits per heavy atom. The van der Waals surface area contributed by atoms with E-state index in [1.54, 1.807) is 17.0 Å². The van der Waals surface area contributed by atoms with E-state index in [4.69, 9.17) is 0 Å². The predicted octanol–water partition coefficient (Wildman–Crippen LogP) is 0.954. The molecule has 5 nitrogen and oxygen atoms in total. The van der Waals surface area contributed by atoms with Crippen LogP contribution in [0.15, 0.2) is 24.3 Å². The average molecular weight is 290 g/mol. The summed E-state index contributed by atoms with van der Waals surface area (Å²) in [5.41, 5.74) is 1.55. The minimum Gasteiger partial charge on any atom is -0.391 e. The molecule has 1 aliphatic heterocycles. The van der Waals surface area contributed by atoms with Crippen molar-refractivity contribution in [2.45, 2.75) is 26.4 Å². The van der Waals surface area contributed by atoms with Crippen LogP contribution in [0.3, 0.4) is 0 Å². The smallest absolute Gasteiger partial charge is 0.251 e. The summed E-state index contributed by atoms with van der Waals surface area (Å²) in [4.78, 5) is 25.6. The molecule has 2 unspecified atom stereocenters. The zero-order valence-electron chi connectivity index (χ0n) is 12.5. The first kappa shape index (κ1) is 15.5. The summed E-state index contributed by atoms with van der Waals surface area (Å²) in [5.74, 6) is -0.184. The number of benzene rings is 1. The van der Waals surface area contributed by atoms with Crippen molar-refractivity contribution in [1.29, 1.82) is 0 Å². The van der Waals surface area contributed by atoms with Crippen molar-refractivity contribution in [2.75, 3.05) is 19.6 Å². The lowest BCUT2D eigenvalue weighted by Gasteiger charge is -2.34. The maximum atomic E-state index is 12.1. The molecule has 0 bridgehead atoms. The second-order valence-corrected chi connectivity index (χ2v) is 5.73. The minimum atomic E-state index is -0.477. The third-order valence-electron chi connectivity index (χ3n) is 3.95. The minimum absolute atomic E-state index is 0.0339. The number of nitrogens with one attached hydrogen (secondary N) is 1. The number of hydrogen-bond acceptors (Lipinski definition) is 3. The van der Waals surface area contributed by atoms with Crippen LogP contribution < -0.4 is 5.32 Å². The fourth-order valence-electron chi connectivity index (χ4n) is 2.43. The number of carbonyl (C=O) groups excluding carboxylic acids is 2. The first-order valence-electron chi connectivity index (χ1n) is 7.28. The van der Waals surface area contributed by atoms with Crippen molar-refractivity contribution in [3.8, 4) is 0 Å². The quantitative estimate of drug-likeness (QED) is 0.871. The summed E-state index contributed by atoms with van der Waals surface area (Å²) in [5, 5.41) is 12.4. The standard InChI is InChI=1S/C16H22N2O3/c1-11-4-3-5-13(8-11)16(21)17-9-15(20)18-7-6-12(2)14(19)10-18/h3-5,8,12,14,19H,6-7,9-10H2,1-2H3,(H,17,21). The SMILES string of the molecule is Cc1cccc(C(=O)NCC(=O)N2CCC(C)C(O)C2)c1. The van der Waals surface area contributed by atoms with Gasteiger partial charge in [0, 0.05) is 18.7 Å². The fraction of sp³-hybridized carbons (Fsp3) is 0.500. The van der Waals surface area contributed by atoms with E-state index in [1.165, 1.54) is 0 Å². The van der Waals surface area contributed by atoms with Crippen molar-refractivity contribution in [3.05, 3.63) is 35.4 Å². The molecule has 114 valence electrons. The van der Waals surface area contributed by atoms with E-state index in [0.29, 0.717) is 18.7 Å². The molecule has 2 rings (SSSR count). The molecule has 5 heteroatoms. The number of likely N-dealkylation sites (tertiary alicyclic amines) is 1. The normalized spacial score (nSPS) is 22.0. The van der Waals surface area contributed by atoms with Crippen LogP contribution in [0, 0.1) is 12.8 Å². The van der Waals surface area contributed by atoms with Crippen molar-refractivity contribution >= 4 is 11.8 Å². The van der Waals surface area contributed by atoms with Gasteiger partial charge in [-0.2, -0.15) is 0 Å². The van der Waals surface area contributed by atoms with Gasteiger partial charge in [0.1, 0.15) is 0 Å².